The molecule has 1 aromatic rings. The standard InChI is InChI=1S/C6H7BrOS/c1-4(8)5-2-3-9-6(5)7/h2-4,8H,1H3. The molecule has 0 aliphatic heterocycles. The van der Waals surface area contributed by atoms with Gasteiger partial charge in [-0.2, -0.15) is 0 Å². The number of rotatable bonds is 1. The van der Waals surface area contributed by atoms with E-state index in [2.05, 4.69) is 15.9 Å². The third-order valence-corrected chi connectivity index (χ3v) is 2.83. The topological polar surface area (TPSA) is 20.2 Å². The largest absolute Gasteiger partial charge is 0.389 e. The molecule has 0 fully saturated rings. The molecule has 1 heterocycles. The molecular weight excluding hydrogens is 200 g/mol. The van der Waals surface area contributed by atoms with Crippen LogP contribution in [0, 0.1) is 0 Å². The van der Waals surface area contributed by atoms with Crippen molar-refractivity contribution < 1.29 is 5.11 Å². The Morgan fingerprint density at radius 3 is 2.67 bits per heavy atom. The molecule has 1 N–H and O–H groups in total. The van der Waals surface area contributed by atoms with Gasteiger partial charge < -0.3 is 5.11 Å². The Bertz CT molecular complexity index is 195. The summed E-state index contributed by atoms with van der Waals surface area (Å²) in [7, 11) is 0. The maximum Gasteiger partial charge on any atom is 0.0781 e. The molecule has 1 atom stereocenters. The van der Waals surface area contributed by atoms with E-state index in [1.165, 1.54) is 0 Å². The van der Waals surface area contributed by atoms with Crippen molar-refractivity contribution in [2.24, 2.45) is 0 Å². The van der Waals surface area contributed by atoms with Crippen LogP contribution < -0.4 is 0 Å². The van der Waals surface area contributed by atoms with Crippen LogP contribution >= 0.6 is 27.3 Å². The molecule has 0 aliphatic rings. The minimum Gasteiger partial charge on any atom is -0.389 e. The van der Waals surface area contributed by atoms with Gasteiger partial charge in [-0.3, -0.25) is 0 Å². The number of halogens is 1. The highest BCUT2D eigenvalue weighted by molar-refractivity contribution is 9.11. The molecular formula is C6H7BrOS. The summed E-state index contributed by atoms with van der Waals surface area (Å²) < 4.78 is 1.03. The number of hydrogen-bond donors (Lipinski definition) is 1. The minimum absolute atomic E-state index is 0.356. The van der Waals surface area contributed by atoms with E-state index in [4.69, 9.17) is 5.11 Å². The summed E-state index contributed by atoms with van der Waals surface area (Å²) in [4.78, 5) is 0. The Balaban J connectivity index is 2.94. The van der Waals surface area contributed by atoms with E-state index >= 15 is 0 Å². The second kappa shape index (κ2) is 2.82. The highest BCUT2D eigenvalue weighted by Gasteiger charge is 2.04. The van der Waals surface area contributed by atoms with E-state index in [-0.39, 0.29) is 6.10 Å². The highest BCUT2D eigenvalue weighted by atomic mass is 79.9. The summed E-state index contributed by atoms with van der Waals surface area (Å²) in [5.41, 5.74) is 0.972. The monoisotopic (exact) mass is 206 g/mol. The van der Waals surface area contributed by atoms with Gasteiger partial charge in [-0.1, -0.05) is 0 Å². The molecule has 3 heteroatoms. The SMILES string of the molecule is CC(O)c1ccsc1Br. The number of aliphatic hydroxyl groups is 1. The van der Waals surface area contributed by atoms with E-state index in [0.717, 1.165) is 9.35 Å². The average molecular weight is 207 g/mol. The lowest BCUT2D eigenvalue weighted by Gasteiger charge is -1.99. The third-order valence-electron chi connectivity index (χ3n) is 1.10. The molecule has 0 amide bonds. The van der Waals surface area contributed by atoms with Crippen molar-refractivity contribution in [3.63, 3.8) is 0 Å². The van der Waals surface area contributed by atoms with Gasteiger partial charge in [0.1, 0.15) is 0 Å². The lowest BCUT2D eigenvalue weighted by Crippen LogP contribution is -1.86. The van der Waals surface area contributed by atoms with Gasteiger partial charge in [-0.15, -0.1) is 11.3 Å². The van der Waals surface area contributed by atoms with Gasteiger partial charge in [0.15, 0.2) is 0 Å². The van der Waals surface area contributed by atoms with Crippen molar-refractivity contribution in [2.75, 3.05) is 0 Å². The van der Waals surface area contributed by atoms with Crippen LogP contribution in [0.2, 0.25) is 0 Å². The third kappa shape index (κ3) is 1.53. The average Bonchev–Trinajstić information content (AvgIpc) is 2.13. The second-order valence-corrected chi connectivity index (χ2v) is 4.06. The number of thiophene rings is 1. The van der Waals surface area contributed by atoms with Gasteiger partial charge in [-0.05, 0) is 34.3 Å². The van der Waals surface area contributed by atoms with Gasteiger partial charge >= 0.3 is 0 Å². The first kappa shape index (κ1) is 7.25. The van der Waals surface area contributed by atoms with E-state index in [1.54, 1.807) is 18.3 Å². The first-order chi connectivity index (χ1) is 4.22. The molecule has 1 aromatic heterocycles. The smallest absolute Gasteiger partial charge is 0.0781 e. The molecule has 0 bridgehead atoms. The highest BCUT2D eigenvalue weighted by Crippen LogP contribution is 2.28. The van der Waals surface area contributed by atoms with Crippen molar-refractivity contribution in [2.45, 2.75) is 13.0 Å². The summed E-state index contributed by atoms with van der Waals surface area (Å²) in [5.74, 6) is 0. The summed E-state index contributed by atoms with van der Waals surface area (Å²) in [6.45, 7) is 1.76. The lowest BCUT2D eigenvalue weighted by molar-refractivity contribution is 0.199. The summed E-state index contributed by atoms with van der Waals surface area (Å²) in [6, 6.07) is 1.92. The Morgan fingerprint density at radius 2 is 2.44 bits per heavy atom. The molecule has 50 valence electrons. The lowest BCUT2D eigenvalue weighted by atomic mass is 10.2. The molecule has 0 saturated heterocycles. The number of hydrogen-bond acceptors (Lipinski definition) is 2. The molecule has 0 radical (unpaired) electrons. The fourth-order valence-corrected chi connectivity index (χ4v) is 2.10. The van der Waals surface area contributed by atoms with Crippen LogP contribution in [-0.4, -0.2) is 5.11 Å². The predicted molar refractivity (Wildman–Crippen MR) is 42.7 cm³/mol. The fraction of sp³-hybridized carbons (Fsp3) is 0.333. The van der Waals surface area contributed by atoms with Crippen LogP contribution in [0.1, 0.15) is 18.6 Å². The zero-order chi connectivity index (χ0) is 6.85. The molecule has 1 rings (SSSR count). The van der Waals surface area contributed by atoms with Crippen molar-refractivity contribution in [3.8, 4) is 0 Å². The Morgan fingerprint density at radius 1 is 1.78 bits per heavy atom. The fourth-order valence-electron chi connectivity index (χ4n) is 0.604. The molecule has 1 nitrogen and oxygen atoms in total. The Labute approximate surface area is 66.5 Å². The van der Waals surface area contributed by atoms with E-state index in [9.17, 15) is 0 Å². The molecule has 0 spiro atoms. The zero-order valence-corrected chi connectivity index (χ0v) is 7.37. The Hall–Kier alpha value is 0.140. The number of aliphatic hydroxyl groups excluding tert-OH is 1. The first-order valence-corrected chi connectivity index (χ1v) is 4.30. The summed E-state index contributed by atoms with van der Waals surface area (Å²) in [5, 5.41) is 11.0. The molecule has 9 heavy (non-hydrogen) atoms. The maximum atomic E-state index is 9.07. The van der Waals surface area contributed by atoms with E-state index < -0.39 is 0 Å². The van der Waals surface area contributed by atoms with Gasteiger partial charge in [0.05, 0.1) is 9.89 Å². The van der Waals surface area contributed by atoms with Crippen molar-refractivity contribution in [1.82, 2.24) is 0 Å². The molecule has 0 saturated carbocycles. The van der Waals surface area contributed by atoms with Crippen LogP contribution in [0.3, 0.4) is 0 Å². The van der Waals surface area contributed by atoms with Gasteiger partial charge in [0.25, 0.3) is 0 Å². The van der Waals surface area contributed by atoms with Crippen LogP contribution in [0.4, 0.5) is 0 Å². The van der Waals surface area contributed by atoms with E-state index in [0.29, 0.717) is 0 Å². The van der Waals surface area contributed by atoms with Crippen LogP contribution in [-0.2, 0) is 0 Å². The first-order valence-electron chi connectivity index (χ1n) is 2.63. The van der Waals surface area contributed by atoms with Crippen molar-refractivity contribution >= 4 is 27.3 Å². The van der Waals surface area contributed by atoms with Gasteiger partial charge in [0, 0.05) is 5.56 Å². The Kier molecular flexibility index (Phi) is 2.27. The second-order valence-electron chi connectivity index (χ2n) is 1.83. The molecule has 1 unspecified atom stereocenters. The van der Waals surface area contributed by atoms with Crippen LogP contribution in [0.15, 0.2) is 15.2 Å². The zero-order valence-electron chi connectivity index (χ0n) is 4.97. The molecule has 0 aliphatic carbocycles. The maximum absolute atomic E-state index is 9.07. The van der Waals surface area contributed by atoms with E-state index in [1.807, 2.05) is 11.4 Å². The normalized spacial score (nSPS) is 13.7. The van der Waals surface area contributed by atoms with Crippen molar-refractivity contribution in [1.29, 1.82) is 0 Å². The quantitative estimate of drug-likeness (QED) is 0.750. The predicted octanol–water partition coefficient (Wildman–Crippen LogP) is 2.56. The van der Waals surface area contributed by atoms with Gasteiger partial charge in [-0.25, -0.2) is 0 Å². The molecule has 0 aromatic carbocycles. The van der Waals surface area contributed by atoms with Gasteiger partial charge in [0.2, 0.25) is 0 Å². The summed E-state index contributed by atoms with van der Waals surface area (Å²) >= 11 is 4.91. The summed E-state index contributed by atoms with van der Waals surface area (Å²) in [6.07, 6.45) is -0.356. The van der Waals surface area contributed by atoms with Crippen LogP contribution in [0.5, 0.6) is 0 Å². The van der Waals surface area contributed by atoms with Crippen LogP contribution in [0.25, 0.3) is 0 Å². The van der Waals surface area contributed by atoms with Crippen molar-refractivity contribution in [3.05, 3.63) is 20.8 Å². The minimum atomic E-state index is -0.356.